The minimum atomic E-state index is 0.515. The van der Waals surface area contributed by atoms with Gasteiger partial charge in [0, 0.05) is 36.8 Å². The molecule has 35 heavy (non-hydrogen) atoms. The highest BCUT2D eigenvalue weighted by Gasteiger charge is 2.23. The van der Waals surface area contributed by atoms with Crippen molar-refractivity contribution in [1.82, 2.24) is 19.9 Å². The van der Waals surface area contributed by atoms with Crippen LogP contribution in [0.4, 0.5) is 28.8 Å². The topological polar surface area (TPSA) is 78.4 Å². The third kappa shape index (κ3) is 5.27. The molecule has 0 bridgehead atoms. The molecule has 0 spiro atoms. The summed E-state index contributed by atoms with van der Waals surface area (Å²) in [5, 5.41) is 7.84. The first kappa shape index (κ1) is 22.9. The van der Waals surface area contributed by atoms with E-state index in [9.17, 15) is 0 Å². The van der Waals surface area contributed by atoms with Crippen LogP contribution < -0.4 is 20.3 Å². The molecular formula is C27H31N7O. The molecule has 2 aromatic carbocycles. The summed E-state index contributed by atoms with van der Waals surface area (Å²) in [6.07, 6.45) is 5.83. The Kier molecular flexibility index (Phi) is 6.63. The summed E-state index contributed by atoms with van der Waals surface area (Å²) in [5.74, 6) is 1.99. The Morgan fingerprint density at radius 1 is 0.971 bits per heavy atom. The number of aromatic nitrogens is 3. The second-order valence-electron chi connectivity index (χ2n) is 9.00. The van der Waals surface area contributed by atoms with Gasteiger partial charge in [-0.15, -0.1) is 0 Å². The lowest BCUT2D eigenvalue weighted by atomic mass is 10.0. The quantitative estimate of drug-likeness (QED) is 0.389. The van der Waals surface area contributed by atoms with Gasteiger partial charge in [-0.3, -0.25) is 4.98 Å². The SMILES string of the molecule is COc1ccc(N2CCC(N(C)C)CC2)c(Nc2nccc(Nc3cnc4ccccc4c3)n2)c1. The molecular weight excluding hydrogens is 438 g/mol. The fraction of sp³-hybridized carbons (Fsp3) is 0.296. The number of piperidine rings is 1. The zero-order valence-corrected chi connectivity index (χ0v) is 20.4. The molecule has 1 aliphatic heterocycles. The maximum absolute atomic E-state index is 5.50. The number of nitrogens with one attached hydrogen (secondary N) is 2. The molecule has 4 aromatic rings. The summed E-state index contributed by atoms with van der Waals surface area (Å²) < 4.78 is 5.50. The van der Waals surface area contributed by atoms with Crippen LogP contribution in [0.25, 0.3) is 10.9 Å². The van der Waals surface area contributed by atoms with E-state index in [0.717, 1.165) is 59.6 Å². The highest BCUT2D eigenvalue weighted by atomic mass is 16.5. The van der Waals surface area contributed by atoms with Gasteiger partial charge in [-0.1, -0.05) is 18.2 Å². The summed E-state index contributed by atoms with van der Waals surface area (Å²) in [7, 11) is 6.00. The Labute approximate surface area is 206 Å². The van der Waals surface area contributed by atoms with E-state index < -0.39 is 0 Å². The number of fused-ring (bicyclic) bond motifs is 1. The van der Waals surface area contributed by atoms with E-state index in [1.807, 2.05) is 48.7 Å². The summed E-state index contributed by atoms with van der Waals surface area (Å²) in [6, 6.07) is 18.7. The summed E-state index contributed by atoms with van der Waals surface area (Å²) in [6.45, 7) is 2.00. The van der Waals surface area contributed by atoms with E-state index in [-0.39, 0.29) is 0 Å². The van der Waals surface area contributed by atoms with Crippen molar-refractivity contribution in [1.29, 1.82) is 0 Å². The molecule has 0 radical (unpaired) electrons. The van der Waals surface area contributed by atoms with E-state index in [1.165, 1.54) is 0 Å². The molecule has 1 saturated heterocycles. The van der Waals surface area contributed by atoms with Gasteiger partial charge in [0.05, 0.1) is 35.9 Å². The standard InChI is InChI=1S/C27H31N7O/c1-33(2)21-11-14-34(15-12-21)25-9-8-22(35-3)17-24(25)31-27-28-13-10-26(32-27)30-20-16-19-6-4-5-7-23(19)29-18-20/h4-10,13,16-18,21H,11-12,14-15H2,1-3H3,(H2,28,30,31,32). The van der Waals surface area contributed by atoms with E-state index in [2.05, 4.69) is 56.6 Å². The largest absolute Gasteiger partial charge is 0.497 e. The third-order valence-corrected chi connectivity index (χ3v) is 6.50. The lowest BCUT2D eigenvalue weighted by Gasteiger charge is -2.37. The minimum absolute atomic E-state index is 0.515. The van der Waals surface area contributed by atoms with Gasteiger partial charge in [-0.2, -0.15) is 4.98 Å². The summed E-state index contributed by atoms with van der Waals surface area (Å²) in [5.41, 5.74) is 3.89. The summed E-state index contributed by atoms with van der Waals surface area (Å²) >= 11 is 0. The molecule has 8 nitrogen and oxygen atoms in total. The Morgan fingerprint density at radius 2 is 1.80 bits per heavy atom. The van der Waals surface area contributed by atoms with Crippen LogP contribution in [0.5, 0.6) is 5.75 Å². The number of anilines is 5. The minimum Gasteiger partial charge on any atom is -0.497 e. The Morgan fingerprint density at radius 3 is 2.60 bits per heavy atom. The van der Waals surface area contributed by atoms with Crippen LogP contribution in [0.1, 0.15) is 12.8 Å². The van der Waals surface area contributed by atoms with Crippen molar-refractivity contribution in [3.63, 3.8) is 0 Å². The van der Waals surface area contributed by atoms with Crippen molar-refractivity contribution in [2.75, 3.05) is 49.8 Å². The zero-order valence-electron chi connectivity index (χ0n) is 20.4. The number of nitrogens with zero attached hydrogens (tertiary/aromatic N) is 5. The summed E-state index contributed by atoms with van der Waals surface area (Å²) in [4.78, 5) is 18.4. The number of methoxy groups -OCH3 is 1. The average Bonchev–Trinajstić information content (AvgIpc) is 2.89. The maximum atomic E-state index is 5.50. The predicted octanol–water partition coefficient (Wildman–Crippen LogP) is 5.05. The molecule has 8 heteroatoms. The van der Waals surface area contributed by atoms with Crippen molar-refractivity contribution in [3.8, 4) is 5.75 Å². The second kappa shape index (κ2) is 10.1. The molecule has 0 amide bonds. The number of benzene rings is 2. The van der Waals surface area contributed by atoms with Crippen LogP contribution in [0, 0.1) is 0 Å². The second-order valence-corrected chi connectivity index (χ2v) is 9.00. The van der Waals surface area contributed by atoms with Crippen LogP contribution >= 0.6 is 0 Å². The van der Waals surface area contributed by atoms with Gasteiger partial charge in [0.15, 0.2) is 0 Å². The van der Waals surface area contributed by atoms with Crippen molar-refractivity contribution in [2.24, 2.45) is 0 Å². The van der Waals surface area contributed by atoms with Crippen LogP contribution in [0.15, 0.2) is 67.0 Å². The average molecular weight is 470 g/mol. The van der Waals surface area contributed by atoms with Crippen LogP contribution in [-0.2, 0) is 0 Å². The highest BCUT2D eigenvalue weighted by molar-refractivity contribution is 5.82. The number of para-hydroxylation sites is 1. The molecule has 0 unspecified atom stereocenters. The van der Waals surface area contributed by atoms with Crippen LogP contribution in [0.2, 0.25) is 0 Å². The number of ether oxygens (including phenoxy) is 1. The number of rotatable bonds is 7. The van der Waals surface area contributed by atoms with E-state index in [1.54, 1.807) is 13.3 Å². The first-order valence-corrected chi connectivity index (χ1v) is 11.9. The Balaban J connectivity index is 1.36. The van der Waals surface area contributed by atoms with Gasteiger partial charge >= 0.3 is 0 Å². The Bertz CT molecular complexity index is 1300. The van der Waals surface area contributed by atoms with Crippen LogP contribution in [0.3, 0.4) is 0 Å². The fourth-order valence-corrected chi connectivity index (χ4v) is 4.54. The number of pyridine rings is 1. The van der Waals surface area contributed by atoms with E-state index in [4.69, 9.17) is 9.72 Å². The predicted molar refractivity (Wildman–Crippen MR) is 142 cm³/mol. The van der Waals surface area contributed by atoms with Gasteiger partial charge in [0.2, 0.25) is 5.95 Å². The zero-order chi connectivity index (χ0) is 24.2. The number of hydrogen-bond acceptors (Lipinski definition) is 8. The molecule has 1 aliphatic rings. The molecule has 1 fully saturated rings. The lowest BCUT2D eigenvalue weighted by Crippen LogP contribution is -2.42. The maximum Gasteiger partial charge on any atom is 0.229 e. The molecule has 0 aliphatic carbocycles. The molecule has 5 rings (SSSR count). The first-order valence-electron chi connectivity index (χ1n) is 11.9. The van der Waals surface area contributed by atoms with Crippen molar-refractivity contribution >= 4 is 39.7 Å². The van der Waals surface area contributed by atoms with Gasteiger partial charge < -0.3 is 25.2 Å². The van der Waals surface area contributed by atoms with Gasteiger partial charge in [0.1, 0.15) is 11.6 Å². The van der Waals surface area contributed by atoms with Crippen LogP contribution in [-0.4, -0.2) is 60.2 Å². The molecule has 2 N–H and O–H groups in total. The van der Waals surface area contributed by atoms with Crippen molar-refractivity contribution in [2.45, 2.75) is 18.9 Å². The van der Waals surface area contributed by atoms with E-state index >= 15 is 0 Å². The normalized spacial score (nSPS) is 14.3. The smallest absolute Gasteiger partial charge is 0.229 e. The monoisotopic (exact) mass is 469 g/mol. The van der Waals surface area contributed by atoms with Gasteiger partial charge in [-0.05, 0) is 57.3 Å². The third-order valence-electron chi connectivity index (χ3n) is 6.50. The van der Waals surface area contributed by atoms with Gasteiger partial charge in [-0.25, -0.2) is 4.98 Å². The van der Waals surface area contributed by atoms with Gasteiger partial charge in [0.25, 0.3) is 0 Å². The van der Waals surface area contributed by atoms with Crippen molar-refractivity contribution < 1.29 is 4.74 Å². The van der Waals surface area contributed by atoms with E-state index in [0.29, 0.717) is 17.8 Å². The molecule has 3 heterocycles. The van der Waals surface area contributed by atoms with Crippen molar-refractivity contribution in [3.05, 3.63) is 67.0 Å². The molecule has 0 saturated carbocycles. The first-order chi connectivity index (χ1) is 17.1. The fourth-order valence-electron chi connectivity index (χ4n) is 4.54. The number of hydrogen-bond donors (Lipinski definition) is 2. The molecule has 2 aromatic heterocycles. The molecule has 0 atom stereocenters. The Hall–Kier alpha value is -3.91. The molecule has 180 valence electrons. The highest BCUT2D eigenvalue weighted by Crippen LogP contribution is 2.34. The lowest BCUT2D eigenvalue weighted by molar-refractivity contribution is 0.250.